The normalized spacial score (nSPS) is 10.3. The molecule has 2 aromatic heterocycles. The number of nitrogens with two attached hydrogens (primary N) is 1. The van der Waals surface area contributed by atoms with Gasteiger partial charge >= 0.3 is 11.9 Å². The minimum absolute atomic E-state index is 0.150. The zero-order valence-electron chi connectivity index (χ0n) is 14.2. The van der Waals surface area contributed by atoms with E-state index in [1.807, 2.05) is 26.0 Å². The molecule has 8 heteroatoms. The molecule has 0 radical (unpaired) electrons. The zero-order valence-corrected chi connectivity index (χ0v) is 15.8. The molecule has 0 aliphatic carbocycles. The number of thiophene rings is 2. The smallest absolute Gasteiger partial charge is 0.348 e. The van der Waals surface area contributed by atoms with E-state index in [0.29, 0.717) is 10.4 Å². The van der Waals surface area contributed by atoms with E-state index in [4.69, 9.17) is 15.2 Å². The lowest BCUT2D eigenvalue weighted by Gasteiger charge is -2.05. The summed E-state index contributed by atoms with van der Waals surface area (Å²) in [5, 5.41) is 9.47. The SMILES string of the molecule is CCOC(=O)c1sc(N)c(C#N)c1COC(=O)c1cc(CC)c(C)s1. The first-order valence-corrected chi connectivity index (χ1v) is 9.30. The number of esters is 2. The maximum Gasteiger partial charge on any atom is 0.348 e. The molecular weight excluding hydrogens is 360 g/mol. The van der Waals surface area contributed by atoms with E-state index in [9.17, 15) is 14.9 Å². The second-order valence-corrected chi connectivity index (χ2v) is 7.41. The van der Waals surface area contributed by atoms with Gasteiger partial charge < -0.3 is 15.2 Å². The molecule has 0 aromatic carbocycles. The predicted molar refractivity (Wildman–Crippen MR) is 97.0 cm³/mol. The summed E-state index contributed by atoms with van der Waals surface area (Å²) in [6.45, 7) is 5.65. The van der Waals surface area contributed by atoms with Crippen LogP contribution in [0.25, 0.3) is 0 Å². The number of aryl methyl sites for hydroxylation is 2. The number of carbonyl (C=O) groups excluding carboxylic acids is 2. The Bertz CT molecular complexity index is 846. The van der Waals surface area contributed by atoms with Gasteiger partial charge in [-0.1, -0.05) is 6.92 Å². The number of hydrogen-bond donors (Lipinski definition) is 1. The van der Waals surface area contributed by atoms with Crippen LogP contribution in [-0.2, 0) is 22.5 Å². The average molecular weight is 378 g/mol. The third-order valence-electron chi connectivity index (χ3n) is 3.56. The third kappa shape index (κ3) is 4.00. The molecular formula is C17H18N2O4S2. The molecule has 0 saturated carbocycles. The summed E-state index contributed by atoms with van der Waals surface area (Å²) in [5.74, 6) is -1.07. The molecule has 0 spiro atoms. The fraction of sp³-hybridized carbons (Fsp3) is 0.353. The van der Waals surface area contributed by atoms with Crippen LogP contribution in [0.4, 0.5) is 5.00 Å². The van der Waals surface area contributed by atoms with Crippen molar-refractivity contribution in [3.05, 3.63) is 37.4 Å². The monoisotopic (exact) mass is 378 g/mol. The first kappa shape index (κ1) is 19.0. The second kappa shape index (κ2) is 8.14. The minimum atomic E-state index is -0.577. The van der Waals surface area contributed by atoms with Crippen LogP contribution in [0, 0.1) is 18.3 Å². The first-order chi connectivity index (χ1) is 11.9. The molecule has 2 aromatic rings. The molecule has 2 N–H and O–H groups in total. The first-order valence-electron chi connectivity index (χ1n) is 7.67. The Kier molecular flexibility index (Phi) is 6.17. The molecule has 0 bridgehead atoms. The topological polar surface area (TPSA) is 102 Å². The molecule has 0 saturated heterocycles. The summed E-state index contributed by atoms with van der Waals surface area (Å²) in [4.78, 5) is 26.1. The highest BCUT2D eigenvalue weighted by Gasteiger charge is 2.24. The number of carbonyl (C=O) groups is 2. The van der Waals surface area contributed by atoms with Gasteiger partial charge in [0.25, 0.3) is 0 Å². The van der Waals surface area contributed by atoms with Crippen LogP contribution in [0.1, 0.15) is 54.8 Å². The van der Waals surface area contributed by atoms with E-state index in [1.54, 1.807) is 6.92 Å². The molecule has 132 valence electrons. The van der Waals surface area contributed by atoms with Gasteiger partial charge in [-0.05, 0) is 31.9 Å². The van der Waals surface area contributed by atoms with Crippen molar-refractivity contribution in [2.45, 2.75) is 33.8 Å². The van der Waals surface area contributed by atoms with Crippen molar-refractivity contribution in [3.8, 4) is 6.07 Å². The fourth-order valence-corrected chi connectivity index (χ4v) is 4.21. The Morgan fingerprint density at radius 2 is 1.96 bits per heavy atom. The number of rotatable bonds is 6. The average Bonchev–Trinajstić information content (AvgIpc) is 3.12. The largest absolute Gasteiger partial charge is 0.462 e. The predicted octanol–water partition coefficient (Wildman–Crippen LogP) is 3.67. The van der Waals surface area contributed by atoms with Crippen LogP contribution in [-0.4, -0.2) is 18.5 Å². The molecule has 2 rings (SSSR count). The Morgan fingerprint density at radius 3 is 2.52 bits per heavy atom. The van der Waals surface area contributed by atoms with Crippen molar-refractivity contribution < 1.29 is 19.1 Å². The zero-order chi connectivity index (χ0) is 18.6. The van der Waals surface area contributed by atoms with E-state index in [2.05, 4.69) is 0 Å². The van der Waals surface area contributed by atoms with Crippen molar-refractivity contribution in [2.75, 3.05) is 12.3 Å². The van der Waals surface area contributed by atoms with Crippen LogP contribution in [0.5, 0.6) is 0 Å². The van der Waals surface area contributed by atoms with Gasteiger partial charge in [-0.2, -0.15) is 5.26 Å². The van der Waals surface area contributed by atoms with Crippen LogP contribution in [0.3, 0.4) is 0 Å². The number of nitrogens with zero attached hydrogens (tertiary/aromatic N) is 1. The molecule has 0 unspecified atom stereocenters. The molecule has 2 heterocycles. The Labute approximate surface area is 153 Å². The van der Waals surface area contributed by atoms with Gasteiger partial charge in [0.2, 0.25) is 0 Å². The van der Waals surface area contributed by atoms with E-state index >= 15 is 0 Å². The lowest BCUT2D eigenvalue weighted by molar-refractivity contribution is 0.0457. The van der Waals surface area contributed by atoms with Crippen molar-refractivity contribution in [3.63, 3.8) is 0 Å². The van der Waals surface area contributed by atoms with Crippen molar-refractivity contribution in [1.29, 1.82) is 5.26 Å². The Morgan fingerprint density at radius 1 is 1.24 bits per heavy atom. The van der Waals surface area contributed by atoms with Crippen molar-refractivity contribution >= 4 is 39.6 Å². The van der Waals surface area contributed by atoms with E-state index in [-0.39, 0.29) is 28.7 Å². The van der Waals surface area contributed by atoms with Crippen LogP contribution in [0.15, 0.2) is 6.07 Å². The summed E-state index contributed by atoms with van der Waals surface area (Å²) >= 11 is 2.33. The molecule has 25 heavy (non-hydrogen) atoms. The number of nitriles is 1. The summed E-state index contributed by atoms with van der Waals surface area (Å²) in [7, 11) is 0. The fourth-order valence-electron chi connectivity index (χ4n) is 2.29. The molecule has 0 aliphatic rings. The summed E-state index contributed by atoms with van der Waals surface area (Å²) in [6, 6.07) is 3.76. The Hall–Kier alpha value is -2.37. The van der Waals surface area contributed by atoms with Gasteiger partial charge in [-0.15, -0.1) is 22.7 Å². The van der Waals surface area contributed by atoms with E-state index < -0.39 is 11.9 Å². The summed E-state index contributed by atoms with van der Waals surface area (Å²) in [5.41, 5.74) is 7.34. The highest BCUT2D eigenvalue weighted by molar-refractivity contribution is 7.18. The number of ether oxygens (including phenoxy) is 2. The Balaban J connectivity index is 2.23. The molecule has 0 amide bonds. The lowest BCUT2D eigenvalue weighted by atomic mass is 10.1. The quantitative estimate of drug-likeness (QED) is 0.770. The number of anilines is 1. The second-order valence-electron chi connectivity index (χ2n) is 5.10. The maximum absolute atomic E-state index is 12.3. The van der Waals surface area contributed by atoms with E-state index in [0.717, 1.165) is 28.2 Å². The van der Waals surface area contributed by atoms with Crippen LogP contribution >= 0.6 is 22.7 Å². The molecule has 6 nitrogen and oxygen atoms in total. The highest BCUT2D eigenvalue weighted by Crippen LogP contribution is 2.32. The van der Waals surface area contributed by atoms with Gasteiger partial charge in [-0.3, -0.25) is 0 Å². The van der Waals surface area contributed by atoms with Gasteiger partial charge in [0.1, 0.15) is 27.4 Å². The van der Waals surface area contributed by atoms with Crippen LogP contribution in [0.2, 0.25) is 0 Å². The van der Waals surface area contributed by atoms with Crippen molar-refractivity contribution in [1.82, 2.24) is 0 Å². The summed E-state index contributed by atoms with van der Waals surface area (Å²) in [6.07, 6.45) is 0.836. The molecule has 0 aliphatic heterocycles. The minimum Gasteiger partial charge on any atom is -0.462 e. The van der Waals surface area contributed by atoms with Gasteiger partial charge in [0, 0.05) is 10.4 Å². The van der Waals surface area contributed by atoms with Gasteiger partial charge in [0.15, 0.2) is 0 Å². The van der Waals surface area contributed by atoms with Gasteiger partial charge in [0.05, 0.1) is 12.2 Å². The van der Waals surface area contributed by atoms with Gasteiger partial charge in [-0.25, -0.2) is 9.59 Å². The third-order valence-corrected chi connectivity index (χ3v) is 5.67. The summed E-state index contributed by atoms with van der Waals surface area (Å²) < 4.78 is 10.3. The van der Waals surface area contributed by atoms with Crippen molar-refractivity contribution in [2.24, 2.45) is 0 Å². The number of hydrogen-bond acceptors (Lipinski definition) is 8. The lowest BCUT2D eigenvalue weighted by Crippen LogP contribution is -2.09. The van der Waals surface area contributed by atoms with Crippen LogP contribution < -0.4 is 5.73 Å². The highest BCUT2D eigenvalue weighted by atomic mass is 32.1. The maximum atomic E-state index is 12.3. The van der Waals surface area contributed by atoms with E-state index in [1.165, 1.54) is 11.3 Å². The number of nitrogen functional groups attached to an aromatic ring is 1. The molecule has 0 atom stereocenters. The molecule has 0 fully saturated rings. The standard InChI is InChI=1S/C17H18N2O4S2/c1-4-10-6-13(24-9(10)3)16(20)23-8-12-11(7-18)15(19)25-14(12)17(21)22-5-2/h6H,4-5,8,19H2,1-3H3.